The van der Waals surface area contributed by atoms with Crippen LogP contribution >= 0.6 is 0 Å². The van der Waals surface area contributed by atoms with Crippen LogP contribution < -0.4 is 0 Å². The molecule has 0 saturated carbocycles. The first-order chi connectivity index (χ1) is 29.0. The molecule has 1 atom stereocenters. The highest BCUT2D eigenvalue weighted by molar-refractivity contribution is 5.71. The summed E-state index contributed by atoms with van der Waals surface area (Å²) in [5.74, 6) is -1.10. The number of rotatable bonds is 39. The fraction of sp³-hybridized carbons (Fsp3) is 0.566. The average Bonchev–Trinajstić information content (AvgIpc) is 3.23. The Morgan fingerprint density at radius 2 is 0.712 bits per heavy atom. The molecule has 59 heavy (non-hydrogen) atoms. The molecule has 0 saturated heterocycles. The predicted molar refractivity (Wildman–Crippen MR) is 251 cm³/mol. The molecule has 6 heteroatoms. The van der Waals surface area contributed by atoms with Crippen LogP contribution in [0.3, 0.4) is 0 Å². The van der Waals surface area contributed by atoms with E-state index in [-0.39, 0.29) is 50.4 Å². The summed E-state index contributed by atoms with van der Waals surface area (Å²) in [6.07, 6.45) is 63.5. The fourth-order valence-electron chi connectivity index (χ4n) is 5.54. The molecule has 0 aromatic rings. The molecular formula is C53H82O6. The summed E-state index contributed by atoms with van der Waals surface area (Å²) >= 11 is 0. The van der Waals surface area contributed by atoms with Crippen LogP contribution in [0.15, 0.2) is 122 Å². The third kappa shape index (κ3) is 44.8. The van der Waals surface area contributed by atoms with Gasteiger partial charge in [0.25, 0.3) is 0 Å². The largest absolute Gasteiger partial charge is 0.462 e. The van der Waals surface area contributed by atoms with Crippen molar-refractivity contribution < 1.29 is 28.6 Å². The van der Waals surface area contributed by atoms with Crippen molar-refractivity contribution in [3.63, 3.8) is 0 Å². The summed E-state index contributed by atoms with van der Waals surface area (Å²) in [6.45, 7) is 6.22. The molecule has 0 aliphatic heterocycles. The molecule has 0 rings (SSSR count). The Morgan fingerprint density at radius 1 is 0.356 bits per heavy atom. The van der Waals surface area contributed by atoms with Crippen LogP contribution in [0.2, 0.25) is 0 Å². The van der Waals surface area contributed by atoms with Crippen molar-refractivity contribution in [3.05, 3.63) is 122 Å². The monoisotopic (exact) mass is 815 g/mol. The summed E-state index contributed by atoms with van der Waals surface area (Å²) in [6, 6.07) is 0. The van der Waals surface area contributed by atoms with E-state index in [1.54, 1.807) is 0 Å². The number of esters is 3. The normalized spacial score (nSPS) is 13.2. The van der Waals surface area contributed by atoms with E-state index < -0.39 is 6.10 Å². The van der Waals surface area contributed by atoms with Crippen molar-refractivity contribution in [1.82, 2.24) is 0 Å². The topological polar surface area (TPSA) is 78.9 Å². The highest BCUT2D eigenvalue weighted by atomic mass is 16.6. The Balaban J connectivity index is 4.58. The summed E-state index contributed by atoms with van der Waals surface area (Å²) in [4.78, 5) is 37.7. The minimum atomic E-state index is -0.837. The molecule has 0 heterocycles. The standard InChI is InChI=1S/C53H82O6/c1-4-7-10-13-16-19-21-23-25-27-29-31-34-37-40-43-46-52(55)58-49-50(48-57-51(54)45-42-39-36-33-18-15-12-9-6-3)59-53(56)47-44-41-38-35-32-30-28-26-24-22-20-17-14-11-8-5-2/h7-8,10-11,16-17,19-20,23-26,29-33,36-37,40,50H,4-6,9,12-15,18,21-22,27-28,34-35,38-39,41-49H2,1-3H3/b10-7-,11-8-,19-16-,20-17-,25-23-,26-24-,31-29-,32-30-,36-33-,40-37-. The van der Waals surface area contributed by atoms with Gasteiger partial charge in [0.1, 0.15) is 13.2 Å². The Morgan fingerprint density at radius 3 is 1.17 bits per heavy atom. The van der Waals surface area contributed by atoms with E-state index in [4.69, 9.17) is 14.2 Å². The quantitative estimate of drug-likeness (QED) is 0.0266. The Hall–Kier alpha value is -4.19. The number of ether oxygens (including phenoxy) is 3. The van der Waals surface area contributed by atoms with E-state index in [0.717, 1.165) is 89.9 Å². The molecule has 0 aromatic heterocycles. The lowest BCUT2D eigenvalue weighted by Crippen LogP contribution is -2.30. The van der Waals surface area contributed by atoms with Crippen LogP contribution in [0.1, 0.15) is 175 Å². The molecule has 0 aliphatic carbocycles. The molecule has 0 N–H and O–H groups in total. The van der Waals surface area contributed by atoms with Crippen molar-refractivity contribution in [2.24, 2.45) is 0 Å². The highest BCUT2D eigenvalue weighted by Gasteiger charge is 2.19. The van der Waals surface area contributed by atoms with Gasteiger partial charge in [0.05, 0.1) is 0 Å². The van der Waals surface area contributed by atoms with E-state index in [1.165, 1.54) is 25.7 Å². The minimum Gasteiger partial charge on any atom is -0.462 e. The summed E-state index contributed by atoms with van der Waals surface area (Å²) in [5, 5.41) is 0. The van der Waals surface area contributed by atoms with E-state index in [9.17, 15) is 14.4 Å². The third-order valence-electron chi connectivity index (χ3n) is 8.94. The van der Waals surface area contributed by atoms with Crippen molar-refractivity contribution in [2.45, 2.75) is 181 Å². The molecule has 330 valence electrons. The maximum atomic E-state index is 12.7. The van der Waals surface area contributed by atoms with Crippen LogP contribution in [-0.4, -0.2) is 37.2 Å². The second-order valence-corrected chi connectivity index (χ2v) is 14.5. The molecule has 0 bridgehead atoms. The minimum absolute atomic E-state index is 0.133. The summed E-state index contributed by atoms with van der Waals surface area (Å²) in [7, 11) is 0. The second kappa shape index (κ2) is 46.5. The molecule has 0 spiro atoms. The van der Waals surface area contributed by atoms with Crippen molar-refractivity contribution in [2.75, 3.05) is 13.2 Å². The smallest absolute Gasteiger partial charge is 0.306 e. The van der Waals surface area contributed by atoms with E-state index >= 15 is 0 Å². The van der Waals surface area contributed by atoms with Gasteiger partial charge < -0.3 is 14.2 Å². The van der Waals surface area contributed by atoms with Gasteiger partial charge in [-0.1, -0.05) is 168 Å². The number of allylic oxidation sites excluding steroid dienone is 20. The lowest BCUT2D eigenvalue weighted by Gasteiger charge is -2.18. The van der Waals surface area contributed by atoms with Crippen LogP contribution in [0.5, 0.6) is 0 Å². The number of carbonyl (C=O) groups is 3. The van der Waals surface area contributed by atoms with Crippen molar-refractivity contribution in [1.29, 1.82) is 0 Å². The number of hydrogen-bond donors (Lipinski definition) is 0. The van der Waals surface area contributed by atoms with E-state index in [0.29, 0.717) is 19.3 Å². The average molecular weight is 815 g/mol. The van der Waals surface area contributed by atoms with Gasteiger partial charge in [-0.25, -0.2) is 0 Å². The van der Waals surface area contributed by atoms with Crippen molar-refractivity contribution >= 4 is 17.9 Å². The van der Waals surface area contributed by atoms with E-state index in [2.05, 4.69) is 130 Å². The Bertz CT molecular complexity index is 1300. The molecular weight excluding hydrogens is 733 g/mol. The van der Waals surface area contributed by atoms with Gasteiger partial charge in [0.15, 0.2) is 6.10 Å². The van der Waals surface area contributed by atoms with E-state index in [1.807, 2.05) is 12.2 Å². The maximum absolute atomic E-state index is 12.7. The zero-order valence-electron chi connectivity index (χ0n) is 37.5. The molecule has 0 fully saturated rings. The molecule has 0 aromatic carbocycles. The Labute approximate surface area is 361 Å². The predicted octanol–water partition coefficient (Wildman–Crippen LogP) is 15.0. The zero-order chi connectivity index (χ0) is 43.0. The van der Waals surface area contributed by atoms with Crippen LogP contribution in [0.4, 0.5) is 0 Å². The Kier molecular flexibility index (Phi) is 43.2. The molecule has 0 aliphatic rings. The fourth-order valence-corrected chi connectivity index (χ4v) is 5.54. The van der Waals surface area contributed by atoms with Gasteiger partial charge in [0.2, 0.25) is 0 Å². The maximum Gasteiger partial charge on any atom is 0.306 e. The lowest BCUT2D eigenvalue weighted by molar-refractivity contribution is -0.166. The molecule has 0 radical (unpaired) electrons. The first-order valence-corrected chi connectivity index (χ1v) is 23.0. The second-order valence-electron chi connectivity index (χ2n) is 14.5. The number of hydrogen-bond acceptors (Lipinski definition) is 6. The number of unbranched alkanes of at least 4 members (excludes halogenated alkanes) is 8. The zero-order valence-corrected chi connectivity index (χ0v) is 37.5. The first-order valence-electron chi connectivity index (χ1n) is 23.0. The molecule has 1 unspecified atom stereocenters. The van der Waals surface area contributed by atoms with Gasteiger partial charge in [-0.05, 0) is 109 Å². The van der Waals surface area contributed by atoms with Crippen LogP contribution in [0, 0.1) is 0 Å². The van der Waals surface area contributed by atoms with Gasteiger partial charge in [-0.3, -0.25) is 14.4 Å². The first kappa shape index (κ1) is 54.8. The van der Waals surface area contributed by atoms with Crippen LogP contribution in [0.25, 0.3) is 0 Å². The van der Waals surface area contributed by atoms with Gasteiger partial charge in [-0.15, -0.1) is 0 Å². The molecule has 0 amide bonds. The summed E-state index contributed by atoms with van der Waals surface area (Å²) in [5.41, 5.74) is 0. The van der Waals surface area contributed by atoms with Gasteiger partial charge >= 0.3 is 17.9 Å². The van der Waals surface area contributed by atoms with Crippen molar-refractivity contribution in [3.8, 4) is 0 Å². The van der Waals surface area contributed by atoms with Gasteiger partial charge in [0, 0.05) is 19.3 Å². The van der Waals surface area contributed by atoms with Gasteiger partial charge in [-0.2, -0.15) is 0 Å². The SMILES string of the molecule is CC/C=C\C/C=C\C/C=C\C/C=C\C/C=C\CCC(=O)OCC(COC(=O)CCC/C=C\CCCCCC)OC(=O)CCCCC/C=C\C/C=C\C/C=C\C/C=C\CC. The lowest BCUT2D eigenvalue weighted by atomic mass is 10.1. The third-order valence-corrected chi connectivity index (χ3v) is 8.94. The highest BCUT2D eigenvalue weighted by Crippen LogP contribution is 2.10. The number of carbonyl (C=O) groups excluding carboxylic acids is 3. The van der Waals surface area contributed by atoms with Crippen LogP contribution in [-0.2, 0) is 28.6 Å². The molecule has 6 nitrogen and oxygen atoms in total. The summed E-state index contributed by atoms with van der Waals surface area (Å²) < 4.78 is 16.6.